The molecule has 0 saturated carbocycles. The molecular weight excluding hydrogens is 260 g/mol. The first kappa shape index (κ1) is 13.8. The van der Waals surface area contributed by atoms with E-state index < -0.39 is 0 Å². The van der Waals surface area contributed by atoms with Crippen LogP contribution in [-0.2, 0) is 19.9 Å². The van der Waals surface area contributed by atoms with Crippen molar-refractivity contribution in [2.24, 2.45) is 7.05 Å². The summed E-state index contributed by atoms with van der Waals surface area (Å²) in [6, 6.07) is 16.7. The lowest BCUT2D eigenvalue weighted by Gasteiger charge is -2.11. The molecule has 1 unspecified atom stereocenters. The van der Waals surface area contributed by atoms with Gasteiger partial charge in [0.25, 0.3) is 0 Å². The molecule has 0 aliphatic heterocycles. The summed E-state index contributed by atoms with van der Waals surface area (Å²) in [5.41, 5.74) is 2.35. The first-order valence-electron chi connectivity index (χ1n) is 7.35. The fraction of sp³-hybridized carbons (Fsp3) is 0.278. The quantitative estimate of drug-likeness (QED) is 0.780. The van der Waals surface area contributed by atoms with Gasteiger partial charge in [0.1, 0.15) is 0 Å². The van der Waals surface area contributed by atoms with E-state index >= 15 is 0 Å². The Morgan fingerprint density at radius 1 is 1.10 bits per heavy atom. The monoisotopic (exact) mass is 280 g/mol. The molecule has 1 atom stereocenters. The van der Waals surface area contributed by atoms with Crippen molar-refractivity contribution >= 4 is 10.8 Å². The maximum atomic E-state index is 10.2. The molecule has 0 radical (unpaired) electrons. The Hall–Kier alpha value is -2.13. The van der Waals surface area contributed by atoms with Crippen LogP contribution in [0.15, 0.2) is 54.7 Å². The zero-order chi connectivity index (χ0) is 14.7. The van der Waals surface area contributed by atoms with Crippen molar-refractivity contribution in [1.29, 1.82) is 0 Å². The Balaban J connectivity index is 1.63. The standard InChI is InChI=1S/C18H20N2O/c1-20-17(10-11-19-20)8-9-18(21)13-14-6-7-15-4-2-3-5-16(15)12-14/h2-7,10-12,18,21H,8-9,13H2,1H3. The first-order chi connectivity index (χ1) is 10.2. The molecule has 1 N–H and O–H groups in total. The molecule has 1 aromatic heterocycles. The summed E-state index contributed by atoms with van der Waals surface area (Å²) >= 11 is 0. The van der Waals surface area contributed by atoms with E-state index in [1.807, 2.05) is 29.9 Å². The molecule has 0 spiro atoms. The Labute approximate surface area is 124 Å². The van der Waals surface area contributed by atoms with Crippen molar-refractivity contribution in [2.75, 3.05) is 0 Å². The second-order valence-electron chi connectivity index (χ2n) is 5.52. The Kier molecular flexibility index (Phi) is 4.02. The molecule has 0 saturated heterocycles. The molecule has 21 heavy (non-hydrogen) atoms. The fourth-order valence-electron chi connectivity index (χ4n) is 2.70. The summed E-state index contributed by atoms with van der Waals surface area (Å²) in [6.07, 6.45) is 3.78. The van der Waals surface area contributed by atoms with E-state index in [1.54, 1.807) is 6.20 Å². The molecule has 3 heteroatoms. The van der Waals surface area contributed by atoms with Crippen molar-refractivity contribution in [2.45, 2.75) is 25.4 Å². The second-order valence-corrected chi connectivity index (χ2v) is 5.52. The highest BCUT2D eigenvalue weighted by Crippen LogP contribution is 2.17. The molecule has 2 aromatic carbocycles. The van der Waals surface area contributed by atoms with Crippen LogP contribution in [0.4, 0.5) is 0 Å². The van der Waals surface area contributed by atoms with Gasteiger partial charge < -0.3 is 5.11 Å². The number of aryl methyl sites for hydroxylation is 2. The molecule has 1 heterocycles. The average molecular weight is 280 g/mol. The minimum atomic E-state index is -0.318. The highest BCUT2D eigenvalue weighted by molar-refractivity contribution is 5.82. The van der Waals surface area contributed by atoms with Crippen molar-refractivity contribution in [3.05, 3.63) is 66.0 Å². The van der Waals surface area contributed by atoms with E-state index in [1.165, 1.54) is 16.3 Å². The van der Waals surface area contributed by atoms with Gasteiger partial charge in [0, 0.05) is 18.9 Å². The lowest BCUT2D eigenvalue weighted by atomic mass is 10.0. The first-order valence-corrected chi connectivity index (χ1v) is 7.35. The fourth-order valence-corrected chi connectivity index (χ4v) is 2.70. The third-order valence-corrected chi connectivity index (χ3v) is 3.94. The number of fused-ring (bicyclic) bond motifs is 1. The van der Waals surface area contributed by atoms with E-state index in [2.05, 4.69) is 35.4 Å². The number of hydrogen-bond acceptors (Lipinski definition) is 2. The summed E-state index contributed by atoms with van der Waals surface area (Å²) in [5.74, 6) is 0. The van der Waals surface area contributed by atoms with Gasteiger partial charge >= 0.3 is 0 Å². The predicted molar refractivity (Wildman–Crippen MR) is 85.2 cm³/mol. The molecule has 0 amide bonds. The third-order valence-electron chi connectivity index (χ3n) is 3.94. The van der Waals surface area contributed by atoms with Crippen LogP contribution in [0.3, 0.4) is 0 Å². The normalized spacial score (nSPS) is 12.7. The van der Waals surface area contributed by atoms with Crippen LogP contribution >= 0.6 is 0 Å². The topological polar surface area (TPSA) is 38.0 Å². The van der Waals surface area contributed by atoms with Crippen LogP contribution in [0.1, 0.15) is 17.7 Å². The number of aliphatic hydroxyl groups is 1. The molecule has 0 aliphatic carbocycles. The summed E-state index contributed by atoms with van der Waals surface area (Å²) < 4.78 is 1.86. The summed E-state index contributed by atoms with van der Waals surface area (Å²) in [5, 5.41) is 16.9. The van der Waals surface area contributed by atoms with E-state index in [9.17, 15) is 5.11 Å². The van der Waals surface area contributed by atoms with Gasteiger partial charge in [-0.2, -0.15) is 5.10 Å². The van der Waals surface area contributed by atoms with Gasteiger partial charge in [-0.1, -0.05) is 42.5 Å². The summed E-state index contributed by atoms with van der Waals surface area (Å²) in [6.45, 7) is 0. The zero-order valence-electron chi connectivity index (χ0n) is 12.2. The largest absolute Gasteiger partial charge is 0.393 e. The highest BCUT2D eigenvalue weighted by Gasteiger charge is 2.08. The number of aliphatic hydroxyl groups excluding tert-OH is 1. The van der Waals surface area contributed by atoms with E-state index in [-0.39, 0.29) is 6.10 Å². The molecular formula is C18H20N2O. The molecule has 3 nitrogen and oxygen atoms in total. The smallest absolute Gasteiger partial charge is 0.0584 e. The summed E-state index contributed by atoms with van der Waals surface area (Å²) in [7, 11) is 1.94. The van der Waals surface area contributed by atoms with E-state index in [0.29, 0.717) is 6.42 Å². The van der Waals surface area contributed by atoms with E-state index in [0.717, 1.165) is 18.5 Å². The second kappa shape index (κ2) is 6.10. The molecule has 0 fully saturated rings. The third kappa shape index (κ3) is 3.31. The molecule has 0 aliphatic rings. The van der Waals surface area contributed by atoms with Gasteiger partial charge in [0.2, 0.25) is 0 Å². The average Bonchev–Trinajstić information content (AvgIpc) is 2.90. The Morgan fingerprint density at radius 2 is 1.90 bits per heavy atom. The van der Waals surface area contributed by atoms with Crippen LogP contribution in [0.2, 0.25) is 0 Å². The van der Waals surface area contributed by atoms with Crippen molar-refractivity contribution in [1.82, 2.24) is 9.78 Å². The number of aromatic nitrogens is 2. The van der Waals surface area contributed by atoms with Gasteiger partial charge in [0.15, 0.2) is 0 Å². The van der Waals surface area contributed by atoms with Gasteiger partial charge in [-0.05, 0) is 41.7 Å². The van der Waals surface area contributed by atoms with Crippen LogP contribution < -0.4 is 0 Å². The maximum absolute atomic E-state index is 10.2. The number of hydrogen-bond donors (Lipinski definition) is 1. The number of nitrogens with zero attached hydrogens (tertiary/aromatic N) is 2. The van der Waals surface area contributed by atoms with Crippen LogP contribution in [0.5, 0.6) is 0 Å². The Bertz CT molecular complexity index is 733. The van der Waals surface area contributed by atoms with Gasteiger partial charge in [-0.25, -0.2) is 0 Å². The van der Waals surface area contributed by atoms with Crippen LogP contribution in [-0.4, -0.2) is 21.0 Å². The van der Waals surface area contributed by atoms with Crippen molar-refractivity contribution < 1.29 is 5.11 Å². The van der Waals surface area contributed by atoms with Gasteiger partial charge in [-0.3, -0.25) is 4.68 Å². The van der Waals surface area contributed by atoms with Crippen LogP contribution in [0, 0.1) is 0 Å². The highest BCUT2D eigenvalue weighted by atomic mass is 16.3. The number of benzene rings is 2. The maximum Gasteiger partial charge on any atom is 0.0584 e. The molecule has 3 rings (SSSR count). The van der Waals surface area contributed by atoms with Gasteiger partial charge in [-0.15, -0.1) is 0 Å². The molecule has 108 valence electrons. The number of rotatable bonds is 5. The molecule has 3 aromatic rings. The minimum Gasteiger partial charge on any atom is -0.393 e. The lowest BCUT2D eigenvalue weighted by Crippen LogP contribution is -2.12. The zero-order valence-corrected chi connectivity index (χ0v) is 12.2. The Morgan fingerprint density at radius 3 is 2.67 bits per heavy atom. The summed E-state index contributed by atoms with van der Waals surface area (Å²) in [4.78, 5) is 0. The minimum absolute atomic E-state index is 0.318. The SMILES string of the molecule is Cn1nccc1CCC(O)Cc1ccc2ccccc2c1. The van der Waals surface area contributed by atoms with Crippen molar-refractivity contribution in [3.8, 4) is 0 Å². The predicted octanol–water partition coefficient (Wildman–Crippen LogP) is 3.11. The van der Waals surface area contributed by atoms with Crippen LogP contribution in [0.25, 0.3) is 10.8 Å². The van der Waals surface area contributed by atoms with Crippen molar-refractivity contribution in [3.63, 3.8) is 0 Å². The van der Waals surface area contributed by atoms with Gasteiger partial charge in [0.05, 0.1) is 6.10 Å². The molecule has 0 bridgehead atoms. The lowest BCUT2D eigenvalue weighted by molar-refractivity contribution is 0.164. The van der Waals surface area contributed by atoms with E-state index in [4.69, 9.17) is 0 Å².